The molecule has 0 aromatic heterocycles. The van der Waals surface area contributed by atoms with Gasteiger partial charge in [-0.2, -0.15) is 0 Å². The Hall–Kier alpha value is -2.70. The van der Waals surface area contributed by atoms with Gasteiger partial charge < -0.3 is 9.64 Å². The van der Waals surface area contributed by atoms with Crippen LogP contribution in [-0.4, -0.2) is 47.8 Å². The summed E-state index contributed by atoms with van der Waals surface area (Å²) >= 11 is 0. The molecule has 7 heteroatoms. The first-order valence-corrected chi connectivity index (χ1v) is 9.43. The molecule has 3 amide bonds. The summed E-state index contributed by atoms with van der Waals surface area (Å²) in [6, 6.07) is 6.29. The van der Waals surface area contributed by atoms with Gasteiger partial charge in [0.05, 0.1) is 11.3 Å². The molecule has 1 atom stereocenters. The first-order chi connectivity index (χ1) is 13.0. The van der Waals surface area contributed by atoms with E-state index in [1.807, 2.05) is 4.90 Å². The minimum Gasteiger partial charge on any atom is -0.452 e. The minimum atomic E-state index is -0.598. The average Bonchev–Trinajstić information content (AvgIpc) is 3.04. The highest BCUT2D eigenvalue weighted by Crippen LogP contribution is 2.23. The summed E-state index contributed by atoms with van der Waals surface area (Å²) in [5.41, 5.74) is 0.713. The summed E-state index contributed by atoms with van der Waals surface area (Å²) in [4.78, 5) is 51.0. The van der Waals surface area contributed by atoms with Crippen LogP contribution in [0.5, 0.6) is 0 Å². The van der Waals surface area contributed by atoms with E-state index in [1.165, 1.54) is 24.3 Å². The monoisotopic (exact) mass is 372 g/mol. The lowest BCUT2D eigenvalue weighted by Crippen LogP contribution is -2.45. The van der Waals surface area contributed by atoms with Gasteiger partial charge >= 0.3 is 5.97 Å². The molecule has 0 saturated carbocycles. The number of amides is 3. The molecule has 144 valence electrons. The first-order valence-electron chi connectivity index (χ1n) is 9.43. The van der Waals surface area contributed by atoms with E-state index in [2.05, 4.69) is 6.92 Å². The number of hydrogen-bond donors (Lipinski definition) is 0. The molecule has 2 aliphatic heterocycles. The normalized spacial score (nSPS) is 20.1. The highest BCUT2D eigenvalue weighted by atomic mass is 16.5. The maximum Gasteiger partial charge on any atom is 0.338 e. The topological polar surface area (TPSA) is 84.0 Å². The van der Waals surface area contributed by atoms with Crippen LogP contribution in [0, 0.1) is 0 Å². The molecule has 0 spiro atoms. The smallest absolute Gasteiger partial charge is 0.338 e. The van der Waals surface area contributed by atoms with Gasteiger partial charge in [0.15, 0.2) is 6.61 Å². The standard InChI is InChI=1S/C20H24N2O5/c1-2-15-5-3-4-12-21(15)19(25)13-27-20(26)14-6-8-16(9-7-14)22-17(23)10-11-18(22)24/h6-9,15H,2-5,10-13H2,1H3/t15-/m1/s1. The Morgan fingerprint density at radius 3 is 2.37 bits per heavy atom. The lowest BCUT2D eigenvalue weighted by molar-refractivity contribution is -0.138. The number of carbonyl (C=O) groups is 4. The van der Waals surface area contributed by atoms with E-state index in [4.69, 9.17) is 4.74 Å². The first kappa shape index (κ1) is 19.1. The SMILES string of the molecule is CC[C@@H]1CCCCN1C(=O)COC(=O)c1ccc(N2C(=O)CCC2=O)cc1. The van der Waals surface area contributed by atoms with Gasteiger partial charge in [-0.15, -0.1) is 0 Å². The Morgan fingerprint density at radius 1 is 1.07 bits per heavy atom. The Bertz CT molecular complexity index is 727. The lowest BCUT2D eigenvalue weighted by Gasteiger charge is -2.35. The van der Waals surface area contributed by atoms with Gasteiger partial charge in [0, 0.05) is 25.4 Å². The molecule has 27 heavy (non-hydrogen) atoms. The predicted octanol–water partition coefficient (Wildman–Crippen LogP) is 2.29. The minimum absolute atomic E-state index is 0.167. The van der Waals surface area contributed by atoms with Crippen molar-refractivity contribution in [3.05, 3.63) is 29.8 Å². The number of esters is 1. The van der Waals surface area contributed by atoms with Gasteiger partial charge in [-0.1, -0.05) is 6.92 Å². The van der Waals surface area contributed by atoms with Crippen LogP contribution in [0.2, 0.25) is 0 Å². The van der Waals surface area contributed by atoms with Crippen LogP contribution < -0.4 is 4.90 Å². The molecule has 0 radical (unpaired) electrons. The summed E-state index contributed by atoms with van der Waals surface area (Å²) in [7, 11) is 0. The maximum atomic E-state index is 12.4. The number of piperidine rings is 1. The van der Waals surface area contributed by atoms with E-state index in [-0.39, 0.29) is 48.8 Å². The fourth-order valence-corrected chi connectivity index (χ4v) is 3.66. The quantitative estimate of drug-likeness (QED) is 0.585. The van der Waals surface area contributed by atoms with Crippen LogP contribution in [0.1, 0.15) is 55.8 Å². The highest BCUT2D eigenvalue weighted by molar-refractivity contribution is 6.19. The summed E-state index contributed by atoms with van der Waals surface area (Å²) in [6.45, 7) is 2.49. The molecule has 7 nitrogen and oxygen atoms in total. The molecular weight excluding hydrogens is 348 g/mol. The van der Waals surface area contributed by atoms with Gasteiger partial charge in [-0.25, -0.2) is 4.79 Å². The second kappa shape index (κ2) is 8.33. The molecule has 3 rings (SSSR count). The number of hydrogen-bond acceptors (Lipinski definition) is 5. The average molecular weight is 372 g/mol. The Kier molecular flexibility index (Phi) is 5.88. The van der Waals surface area contributed by atoms with Gasteiger partial charge in [-0.05, 0) is 49.9 Å². The third-order valence-corrected chi connectivity index (χ3v) is 5.16. The number of rotatable bonds is 5. The molecule has 0 bridgehead atoms. The summed E-state index contributed by atoms with van der Waals surface area (Å²) < 4.78 is 5.17. The molecule has 0 unspecified atom stereocenters. The number of anilines is 1. The maximum absolute atomic E-state index is 12.4. The summed E-state index contributed by atoms with van der Waals surface area (Å²) in [6.07, 6.45) is 4.41. The second-order valence-electron chi connectivity index (χ2n) is 6.89. The van der Waals surface area contributed by atoms with E-state index in [9.17, 15) is 19.2 Å². The van der Waals surface area contributed by atoms with Crippen molar-refractivity contribution in [1.29, 1.82) is 0 Å². The van der Waals surface area contributed by atoms with Crippen molar-refractivity contribution in [2.24, 2.45) is 0 Å². The van der Waals surface area contributed by atoms with Crippen molar-refractivity contribution in [2.45, 2.75) is 51.5 Å². The van der Waals surface area contributed by atoms with E-state index in [0.29, 0.717) is 12.2 Å². The molecule has 1 aromatic carbocycles. The van der Waals surface area contributed by atoms with Crippen LogP contribution >= 0.6 is 0 Å². The van der Waals surface area contributed by atoms with Crippen molar-refractivity contribution in [3.63, 3.8) is 0 Å². The van der Waals surface area contributed by atoms with Gasteiger partial charge in [0.1, 0.15) is 0 Å². The number of benzene rings is 1. The highest BCUT2D eigenvalue weighted by Gasteiger charge is 2.30. The Morgan fingerprint density at radius 2 is 1.74 bits per heavy atom. The van der Waals surface area contributed by atoms with Crippen molar-refractivity contribution >= 4 is 29.4 Å². The molecule has 2 saturated heterocycles. The third-order valence-electron chi connectivity index (χ3n) is 5.16. The number of ether oxygens (including phenoxy) is 1. The molecule has 2 heterocycles. The van der Waals surface area contributed by atoms with Crippen molar-refractivity contribution in [3.8, 4) is 0 Å². The van der Waals surface area contributed by atoms with E-state index < -0.39 is 5.97 Å². The fourth-order valence-electron chi connectivity index (χ4n) is 3.66. The number of carbonyl (C=O) groups excluding carboxylic acids is 4. The van der Waals surface area contributed by atoms with E-state index in [0.717, 1.165) is 30.6 Å². The lowest BCUT2D eigenvalue weighted by atomic mass is 10.00. The zero-order valence-electron chi connectivity index (χ0n) is 15.5. The summed E-state index contributed by atoms with van der Waals surface area (Å²) in [5, 5.41) is 0. The molecule has 1 aromatic rings. The molecular formula is C20H24N2O5. The number of nitrogens with zero attached hydrogens (tertiary/aromatic N) is 2. The summed E-state index contributed by atoms with van der Waals surface area (Å²) in [5.74, 6) is -1.25. The van der Waals surface area contributed by atoms with Gasteiger partial charge in [0.25, 0.3) is 5.91 Å². The van der Waals surface area contributed by atoms with Crippen molar-refractivity contribution in [1.82, 2.24) is 4.90 Å². The number of imide groups is 1. The van der Waals surface area contributed by atoms with Crippen LogP contribution in [0.3, 0.4) is 0 Å². The van der Waals surface area contributed by atoms with Crippen LogP contribution in [-0.2, 0) is 19.1 Å². The third kappa shape index (κ3) is 4.18. The zero-order valence-corrected chi connectivity index (χ0v) is 15.5. The Balaban J connectivity index is 1.57. The zero-order chi connectivity index (χ0) is 19.4. The largest absolute Gasteiger partial charge is 0.452 e. The molecule has 0 N–H and O–H groups in total. The van der Waals surface area contributed by atoms with E-state index in [1.54, 1.807) is 0 Å². The van der Waals surface area contributed by atoms with Gasteiger partial charge in [-0.3, -0.25) is 19.3 Å². The van der Waals surface area contributed by atoms with Crippen LogP contribution in [0.25, 0.3) is 0 Å². The number of likely N-dealkylation sites (tertiary alicyclic amines) is 1. The van der Waals surface area contributed by atoms with Gasteiger partial charge in [0.2, 0.25) is 11.8 Å². The molecule has 2 aliphatic rings. The van der Waals surface area contributed by atoms with Crippen LogP contribution in [0.4, 0.5) is 5.69 Å². The molecule has 0 aliphatic carbocycles. The van der Waals surface area contributed by atoms with Crippen molar-refractivity contribution in [2.75, 3.05) is 18.1 Å². The van der Waals surface area contributed by atoms with Crippen LogP contribution in [0.15, 0.2) is 24.3 Å². The Labute approximate surface area is 158 Å². The fraction of sp³-hybridized carbons (Fsp3) is 0.500. The van der Waals surface area contributed by atoms with Crippen molar-refractivity contribution < 1.29 is 23.9 Å². The second-order valence-corrected chi connectivity index (χ2v) is 6.89. The van der Waals surface area contributed by atoms with E-state index >= 15 is 0 Å². The molecule has 2 fully saturated rings. The predicted molar refractivity (Wildman–Crippen MR) is 98.1 cm³/mol.